The Balaban J connectivity index is 1.77. The zero-order valence-electron chi connectivity index (χ0n) is 14.2. The van der Waals surface area contributed by atoms with E-state index in [1.54, 1.807) is 22.7 Å². The lowest BCUT2D eigenvalue weighted by atomic mass is 10.3. The molecule has 3 rings (SSSR count). The van der Waals surface area contributed by atoms with Gasteiger partial charge in [0, 0.05) is 39.3 Å². The molecule has 25 heavy (non-hydrogen) atoms. The van der Waals surface area contributed by atoms with Gasteiger partial charge in [0.25, 0.3) is 11.5 Å². The second kappa shape index (κ2) is 6.88. The molecule has 0 saturated carbocycles. The van der Waals surface area contributed by atoms with Gasteiger partial charge in [-0.2, -0.15) is 5.10 Å². The van der Waals surface area contributed by atoms with Crippen molar-refractivity contribution in [3.63, 3.8) is 0 Å². The monoisotopic (exact) mass is 344 g/mol. The Kier molecular flexibility index (Phi) is 4.64. The van der Waals surface area contributed by atoms with Crippen LogP contribution >= 0.6 is 0 Å². The number of hydrogen-bond donors (Lipinski definition) is 1. The van der Waals surface area contributed by atoms with Crippen LogP contribution in [0.25, 0.3) is 0 Å². The Morgan fingerprint density at radius 3 is 2.80 bits per heavy atom. The van der Waals surface area contributed by atoms with Crippen molar-refractivity contribution in [1.29, 1.82) is 0 Å². The summed E-state index contributed by atoms with van der Waals surface area (Å²) in [5.41, 5.74) is 0.747. The fourth-order valence-electron chi connectivity index (χ4n) is 2.81. The number of carbonyl (C=O) groups excluding carboxylic acids is 2. The van der Waals surface area contributed by atoms with Crippen molar-refractivity contribution in [1.82, 2.24) is 29.5 Å². The molecule has 1 N–H and O–H groups in total. The molecule has 0 atom stereocenters. The predicted molar refractivity (Wildman–Crippen MR) is 88.6 cm³/mol. The first-order valence-corrected chi connectivity index (χ1v) is 8.06. The maximum Gasteiger partial charge on any atom is 0.254 e. The van der Waals surface area contributed by atoms with Gasteiger partial charge in [0.15, 0.2) is 0 Å². The van der Waals surface area contributed by atoms with Gasteiger partial charge in [-0.25, -0.2) is 4.98 Å². The first kappa shape index (κ1) is 16.9. The van der Waals surface area contributed by atoms with E-state index in [-0.39, 0.29) is 23.9 Å². The second-order valence-corrected chi connectivity index (χ2v) is 6.03. The second-order valence-electron chi connectivity index (χ2n) is 6.03. The van der Waals surface area contributed by atoms with Crippen molar-refractivity contribution in [2.75, 3.05) is 6.54 Å². The highest BCUT2D eigenvalue weighted by atomic mass is 16.2. The van der Waals surface area contributed by atoms with Crippen LogP contribution in [0.1, 0.15) is 35.2 Å². The maximum absolute atomic E-state index is 12.3. The molecule has 2 aromatic rings. The van der Waals surface area contributed by atoms with Crippen LogP contribution in [0.2, 0.25) is 0 Å². The van der Waals surface area contributed by atoms with Gasteiger partial charge in [0.05, 0.1) is 30.5 Å². The predicted octanol–water partition coefficient (Wildman–Crippen LogP) is -0.341. The van der Waals surface area contributed by atoms with Crippen LogP contribution < -0.4 is 10.9 Å². The summed E-state index contributed by atoms with van der Waals surface area (Å²) < 4.78 is 3.13. The Morgan fingerprint density at radius 2 is 2.12 bits per heavy atom. The third kappa shape index (κ3) is 3.76. The van der Waals surface area contributed by atoms with Crippen molar-refractivity contribution < 1.29 is 9.59 Å². The summed E-state index contributed by atoms with van der Waals surface area (Å²) in [6.07, 6.45) is 3.80. The summed E-state index contributed by atoms with van der Waals surface area (Å²) in [6.45, 7) is 3.08. The Morgan fingerprint density at radius 1 is 1.32 bits per heavy atom. The lowest BCUT2D eigenvalue weighted by Gasteiger charge is -2.18. The van der Waals surface area contributed by atoms with Crippen LogP contribution in [-0.2, 0) is 31.5 Å². The summed E-state index contributed by atoms with van der Waals surface area (Å²) in [5, 5.41) is 6.68. The van der Waals surface area contributed by atoms with E-state index in [2.05, 4.69) is 15.4 Å². The van der Waals surface area contributed by atoms with Gasteiger partial charge in [0.2, 0.25) is 5.91 Å². The maximum atomic E-state index is 12.3. The molecule has 0 aromatic carbocycles. The van der Waals surface area contributed by atoms with Crippen molar-refractivity contribution in [3.05, 3.63) is 45.9 Å². The largest absolute Gasteiger partial charge is 0.346 e. The number of aryl methyl sites for hydroxylation is 1. The first-order chi connectivity index (χ1) is 11.9. The average molecular weight is 344 g/mol. The van der Waals surface area contributed by atoms with Gasteiger partial charge in [-0.15, -0.1) is 0 Å². The number of aromatic nitrogens is 4. The molecular formula is C16H20N6O3. The third-order valence-corrected chi connectivity index (χ3v) is 4.12. The van der Waals surface area contributed by atoms with Crippen molar-refractivity contribution in [2.45, 2.75) is 33.0 Å². The number of fused-ring (bicyclic) bond motifs is 1. The Hall–Kier alpha value is -2.97. The number of rotatable bonds is 3. The molecule has 1 aliphatic rings. The molecule has 0 saturated heterocycles. The van der Waals surface area contributed by atoms with E-state index >= 15 is 0 Å². The van der Waals surface area contributed by atoms with Gasteiger partial charge in [-0.1, -0.05) is 0 Å². The molecule has 0 aliphatic carbocycles. The minimum atomic E-state index is -0.282. The van der Waals surface area contributed by atoms with E-state index in [0.717, 1.165) is 0 Å². The van der Waals surface area contributed by atoms with Crippen LogP contribution in [0.3, 0.4) is 0 Å². The quantitative estimate of drug-likeness (QED) is 0.821. The van der Waals surface area contributed by atoms with Gasteiger partial charge < -0.3 is 10.2 Å². The average Bonchev–Trinajstić information content (AvgIpc) is 2.87. The normalized spacial score (nSPS) is 13.9. The van der Waals surface area contributed by atoms with Gasteiger partial charge >= 0.3 is 0 Å². The molecular weight excluding hydrogens is 324 g/mol. The van der Waals surface area contributed by atoms with Crippen LogP contribution in [0.4, 0.5) is 0 Å². The van der Waals surface area contributed by atoms with Crippen molar-refractivity contribution in [3.8, 4) is 0 Å². The molecule has 132 valence electrons. The Bertz CT molecular complexity index is 869. The summed E-state index contributed by atoms with van der Waals surface area (Å²) in [4.78, 5) is 42.2. The van der Waals surface area contributed by atoms with Crippen LogP contribution in [0.5, 0.6) is 0 Å². The highest BCUT2D eigenvalue weighted by Crippen LogP contribution is 2.09. The van der Waals surface area contributed by atoms with Crippen molar-refractivity contribution in [2.24, 2.45) is 7.05 Å². The third-order valence-electron chi connectivity index (χ3n) is 4.12. The topological polar surface area (TPSA) is 102 Å². The number of carbonyl (C=O) groups is 2. The number of hydrogen-bond acceptors (Lipinski definition) is 5. The zero-order valence-corrected chi connectivity index (χ0v) is 14.2. The molecule has 9 heteroatoms. The van der Waals surface area contributed by atoms with Crippen molar-refractivity contribution >= 4 is 11.8 Å². The van der Waals surface area contributed by atoms with Crippen LogP contribution in [0, 0.1) is 0 Å². The molecule has 0 unspecified atom stereocenters. The fraction of sp³-hybridized carbons (Fsp3) is 0.438. The lowest BCUT2D eigenvalue weighted by molar-refractivity contribution is -0.129. The van der Waals surface area contributed by atoms with Gasteiger partial charge in [0.1, 0.15) is 5.82 Å². The highest BCUT2D eigenvalue weighted by molar-refractivity contribution is 5.93. The molecule has 3 heterocycles. The Labute approximate surface area is 144 Å². The molecule has 0 bridgehead atoms. The first-order valence-electron chi connectivity index (χ1n) is 8.06. The zero-order chi connectivity index (χ0) is 18.0. The SMILES string of the molecule is CC(=O)N1CCCn2c(nc(CNC(=O)c3cnn(C)c3)cc2=O)C1. The summed E-state index contributed by atoms with van der Waals surface area (Å²) in [6, 6.07) is 1.43. The minimum absolute atomic E-state index is 0.0435. The smallest absolute Gasteiger partial charge is 0.254 e. The number of amides is 2. The van der Waals surface area contributed by atoms with Gasteiger partial charge in [-0.05, 0) is 6.42 Å². The number of nitrogens with one attached hydrogen (secondary N) is 1. The molecule has 0 spiro atoms. The minimum Gasteiger partial charge on any atom is -0.346 e. The summed E-state index contributed by atoms with van der Waals surface area (Å²) in [7, 11) is 1.73. The van der Waals surface area contributed by atoms with E-state index in [1.807, 2.05) is 0 Å². The highest BCUT2D eigenvalue weighted by Gasteiger charge is 2.19. The summed E-state index contributed by atoms with van der Waals surface area (Å²) >= 11 is 0. The standard InChI is InChI=1S/C16H20N6O3/c1-11(23)21-4-3-5-22-14(10-21)19-13(6-15(22)24)8-17-16(25)12-7-18-20(2)9-12/h6-7,9H,3-5,8,10H2,1-2H3,(H,17,25). The molecule has 2 aromatic heterocycles. The van der Waals surface area contributed by atoms with E-state index in [4.69, 9.17) is 0 Å². The van der Waals surface area contributed by atoms with Crippen LogP contribution in [-0.4, -0.2) is 42.6 Å². The van der Waals surface area contributed by atoms with E-state index < -0.39 is 0 Å². The summed E-state index contributed by atoms with van der Waals surface area (Å²) in [5.74, 6) is 0.221. The van der Waals surface area contributed by atoms with Gasteiger partial charge in [-0.3, -0.25) is 23.6 Å². The molecule has 9 nitrogen and oxygen atoms in total. The van der Waals surface area contributed by atoms with E-state index in [0.29, 0.717) is 43.1 Å². The number of nitrogens with zero attached hydrogens (tertiary/aromatic N) is 5. The molecule has 0 fully saturated rings. The molecule has 1 aliphatic heterocycles. The van der Waals surface area contributed by atoms with E-state index in [1.165, 1.54) is 23.9 Å². The fourth-order valence-corrected chi connectivity index (χ4v) is 2.81. The van der Waals surface area contributed by atoms with E-state index in [9.17, 15) is 14.4 Å². The van der Waals surface area contributed by atoms with Crippen LogP contribution in [0.15, 0.2) is 23.3 Å². The molecule has 2 amide bonds. The lowest BCUT2D eigenvalue weighted by Crippen LogP contribution is -2.31. The molecule has 0 radical (unpaired) electrons.